The number of nitrogens with zero attached hydrogens (tertiary/aromatic N) is 2. The van der Waals surface area contributed by atoms with Gasteiger partial charge in [-0.05, 0) is 45.7 Å². The normalized spacial score (nSPS) is 15.9. The lowest BCUT2D eigenvalue weighted by molar-refractivity contribution is -0.140. The molecule has 0 unspecified atom stereocenters. The minimum Gasteiger partial charge on any atom is -0.343 e. The van der Waals surface area contributed by atoms with Crippen molar-refractivity contribution < 1.29 is 9.59 Å². The second-order valence-corrected chi connectivity index (χ2v) is 7.23. The van der Waals surface area contributed by atoms with E-state index in [1.54, 1.807) is 11.3 Å². The summed E-state index contributed by atoms with van der Waals surface area (Å²) < 4.78 is 0. The molecule has 0 aliphatic carbocycles. The van der Waals surface area contributed by atoms with E-state index >= 15 is 0 Å². The summed E-state index contributed by atoms with van der Waals surface area (Å²) in [4.78, 5) is 30.9. The van der Waals surface area contributed by atoms with Crippen LogP contribution in [0.3, 0.4) is 0 Å². The van der Waals surface area contributed by atoms with Crippen molar-refractivity contribution in [3.8, 4) is 0 Å². The molecule has 2 amide bonds. The first-order valence-corrected chi connectivity index (χ1v) is 8.98. The van der Waals surface area contributed by atoms with Crippen LogP contribution in [0.25, 0.3) is 0 Å². The molecule has 1 saturated heterocycles. The van der Waals surface area contributed by atoms with Crippen LogP contribution in [0.1, 0.15) is 36.4 Å². The van der Waals surface area contributed by atoms with Gasteiger partial charge in [0.15, 0.2) is 0 Å². The first kappa shape index (κ1) is 17.0. The summed E-state index contributed by atoms with van der Waals surface area (Å²) >= 11 is 1.69. The third-order valence-electron chi connectivity index (χ3n) is 4.39. The highest BCUT2D eigenvalue weighted by Crippen LogP contribution is 2.22. The Balaban J connectivity index is 1.83. The first-order chi connectivity index (χ1) is 10.5. The SMILES string of the molecule is CCN(CC)C(=O)C1CCN(C(=O)Cc2ccc(C)s2)CC1. The molecule has 1 fully saturated rings. The van der Waals surface area contributed by atoms with E-state index in [1.165, 1.54) is 4.88 Å². The van der Waals surface area contributed by atoms with Crippen LogP contribution in [0.5, 0.6) is 0 Å². The zero-order valence-electron chi connectivity index (χ0n) is 13.8. The summed E-state index contributed by atoms with van der Waals surface area (Å²) in [6, 6.07) is 4.09. The maximum Gasteiger partial charge on any atom is 0.227 e. The van der Waals surface area contributed by atoms with Crippen molar-refractivity contribution in [1.29, 1.82) is 0 Å². The number of hydrogen-bond donors (Lipinski definition) is 0. The minimum absolute atomic E-state index is 0.0907. The average Bonchev–Trinajstić information content (AvgIpc) is 2.93. The molecule has 0 aromatic carbocycles. The molecule has 0 N–H and O–H groups in total. The van der Waals surface area contributed by atoms with Crippen molar-refractivity contribution in [2.75, 3.05) is 26.2 Å². The lowest BCUT2D eigenvalue weighted by Gasteiger charge is -2.33. The molecule has 0 radical (unpaired) electrons. The monoisotopic (exact) mass is 322 g/mol. The van der Waals surface area contributed by atoms with Crippen LogP contribution in [-0.2, 0) is 16.0 Å². The van der Waals surface area contributed by atoms with Crippen molar-refractivity contribution >= 4 is 23.2 Å². The van der Waals surface area contributed by atoms with Gasteiger partial charge in [-0.2, -0.15) is 0 Å². The number of hydrogen-bond acceptors (Lipinski definition) is 3. The van der Waals surface area contributed by atoms with Gasteiger partial charge in [-0.15, -0.1) is 11.3 Å². The molecule has 0 atom stereocenters. The standard InChI is InChI=1S/C17H26N2O2S/c1-4-18(5-2)17(21)14-8-10-19(11-9-14)16(20)12-15-7-6-13(3)22-15/h6-7,14H,4-5,8-12H2,1-3H3. The van der Waals surface area contributed by atoms with Crippen LogP contribution in [0.15, 0.2) is 12.1 Å². The molecule has 0 saturated carbocycles. The van der Waals surface area contributed by atoms with Crippen LogP contribution in [0, 0.1) is 12.8 Å². The first-order valence-electron chi connectivity index (χ1n) is 8.17. The predicted octanol–water partition coefficient (Wildman–Crippen LogP) is 2.71. The average molecular weight is 322 g/mol. The van der Waals surface area contributed by atoms with Gasteiger partial charge in [0.2, 0.25) is 11.8 Å². The summed E-state index contributed by atoms with van der Waals surface area (Å²) in [5.74, 6) is 0.537. The van der Waals surface area contributed by atoms with Crippen molar-refractivity contribution in [2.24, 2.45) is 5.92 Å². The quantitative estimate of drug-likeness (QED) is 0.836. The fraction of sp³-hybridized carbons (Fsp3) is 0.647. The summed E-state index contributed by atoms with van der Waals surface area (Å²) in [6.07, 6.45) is 2.09. The second-order valence-electron chi connectivity index (χ2n) is 5.85. The van der Waals surface area contributed by atoms with Gasteiger partial charge in [0.05, 0.1) is 6.42 Å². The fourth-order valence-corrected chi connectivity index (χ4v) is 3.89. The Kier molecular flexibility index (Phi) is 6.00. The summed E-state index contributed by atoms with van der Waals surface area (Å²) in [6.45, 7) is 9.05. The molecule has 1 aromatic rings. The molecule has 122 valence electrons. The van der Waals surface area contributed by atoms with Crippen LogP contribution in [0.2, 0.25) is 0 Å². The van der Waals surface area contributed by atoms with Crippen molar-refractivity contribution in [2.45, 2.75) is 40.0 Å². The van der Waals surface area contributed by atoms with Crippen LogP contribution < -0.4 is 0 Å². The van der Waals surface area contributed by atoms with Gasteiger partial charge in [-0.25, -0.2) is 0 Å². The molecule has 22 heavy (non-hydrogen) atoms. The molecular formula is C17H26N2O2S. The third kappa shape index (κ3) is 4.09. The smallest absolute Gasteiger partial charge is 0.227 e. The summed E-state index contributed by atoms with van der Waals surface area (Å²) in [5.41, 5.74) is 0. The van der Waals surface area contributed by atoms with E-state index in [0.717, 1.165) is 30.8 Å². The zero-order chi connectivity index (χ0) is 16.1. The van der Waals surface area contributed by atoms with Gasteiger partial charge in [0.25, 0.3) is 0 Å². The number of thiophene rings is 1. The largest absolute Gasteiger partial charge is 0.343 e. The molecular weight excluding hydrogens is 296 g/mol. The number of carbonyl (C=O) groups is 2. The van der Waals surface area contributed by atoms with Gasteiger partial charge in [-0.3, -0.25) is 9.59 Å². The molecule has 0 bridgehead atoms. The van der Waals surface area contributed by atoms with E-state index in [-0.39, 0.29) is 17.7 Å². The Morgan fingerprint density at radius 1 is 1.23 bits per heavy atom. The lowest BCUT2D eigenvalue weighted by atomic mass is 9.95. The molecule has 1 aromatic heterocycles. The molecule has 2 rings (SSSR count). The Labute approximate surface area is 137 Å². The van der Waals surface area contributed by atoms with E-state index in [9.17, 15) is 9.59 Å². The van der Waals surface area contributed by atoms with Gasteiger partial charge in [0, 0.05) is 41.9 Å². The minimum atomic E-state index is 0.0907. The molecule has 0 spiro atoms. The van der Waals surface area contributed by atoms with Crippen molar-refractivity contribution in [3.63, 3.8) is 0 Å². The van der Waals surface area contributed by atoms with Crippen LogP contribution in [-0.4, -0.2) is 47.8 Å². The molecule has 2 heterocycles. The Morgan fingerprint density at radius 3 is 2.36 bits per heavy atom. The summed E-state index contributed by atoms with van der Waals surface area (Å²) in [7, 11) is 0. The predicted molar refractivity (Wildman–Crippen MR) is 90.0 cm³/mol. The topological polar surface area (TPSA) is 40.6 Å². The number of piperidine rings is 1. The summed E-state index contributed by atoms with van der Waals surface area (Å²) in [5, 5.41) is 0. The van der Waals surface area contributed by atoms with Gasteiger partial charge in [-0.1, -0.05) is 0 Å². The lowest BCUT2D eigenvalue weighted by Crippen LogP contribution is -2.44. The zero-order valence-corrected chi connectivity index (χ0v) is 14.6. The van der Waals surface area contributed by atoms with E-state index in [2.05, 4.69) is 13.0 Å². The maximum absolute atomic E-state index is 12.4. The van der Waals surface area contributed by atoms with Gasteiger partial charge >= 0.3 is 0 Å². The Hall–Kier alpha value is -1.36. The van der Waals surface area contributed by atoms with Gasteiger partial charge < -0.3 is 9.80 Å². The number of carbonyl (C=O) groups excluding carboxylic acids is 2. The van der Waals surface area contributed by atoms with E-state index in [0.29, 0.717) is 19.5 Å². The van der Waals surface area contributed by atoms with Crippen molar-refractivity contribution in [1.82, 2.24) is 9.80 Å². The Morgan fingerprint density at radius 2 is 1.86 bits per heavy atom. The fourth-order valence-electron chi connectivity index (χ4n) is 3.01. The Bertz CT molecular complexity index is 514. The highest BCUT2D eigenvalue weighted by atomic mass is 32.1. The molecule has 5 heteroatoms. The maximum atomic E-state index is 12.4. The number of likely N-dealkylation sites (tertiary alicyclic amines) is 1. The molecule has 1 aliphatic heterocycles. The number of aryl methyl sites for hydroxylation is 1. The van der Waals surface area contributed by atoms with Crippen LogP contribution >= 0.6 is 11.3 Å². The van der Waals surface area contributed by atoms with Crippen molar-refractivity contribution in [3.05, 3.63) is 21.9 Å². The molecule has 1 aliphatic rings. The van der Waals surface area contributed by atoms with E-state index < -0.39 is 0 Å². The van der Waals surface area contributed by atoms with Gasteiger partial charge in [0.1, 0.15) is 0 Å². The van der Waals surface area contributed by atoms with E-state index in [1.807, 2.05) is 29.7 Å². The van der Waals surface area contributed by atoms with E-state index in [4.69, 9.17) is 0 Å². The number of rotatable bonds is 5. The van der Waals surface area contributed by atoms with Crippen LogP contribution in [0.4, 0.5) is 0 Å². The third-order valence-corrected chi connectivity index (χ3v) is 5.39. The second kappa shape index (κ2) is 7.77. The highest BCUT2D eigenvalue weighted by molar-refractivity contribution is 7.12. The highest BCUT2D eigenvalue weighted by Gasteiger charge is 2.29. The number of amides is 2. The molecule has 4 nitrogen and oxygen atoms in total.